The highest BCUT2D eigenvalue weighted by molar-refractivity contribution is 5.70. The van der Waals surface area contributed by atoms with Gasteiger partial charge in [-0.25, -0.2) is 17.6 Å². The lowest BCUT2D eigenvalue weighted by Gasteiger charge is -2.22. The second-order valence-corrected chi connectivity index (χ2v) is 5.37. The van der Waals surface area contributed by atoms with E-state index in [1.165, 1.54) is 19.2 Å². The molecule has 6 heteroatoms. The van der Waals surface area contributed by atoms with Crippen LogP contribution in [0.5, 0.6) is 0 Å². The van der Waals surface area contributed by atoms with Crippen molar-refractivity contribution in [2.75, 3.05) is 17.3 Å². The predicted molar refractivity (Wildman–Crippen MR) is 90.5 cm³/mol. The lowest BCUT2D eigenvalue weighted by Crippen LogP contribution is -2.16. The summed E-state index contributed by atoms with van der Waals surface area (Å²) in [6.45, 7) is 0. The van der Waals surface area contributed by atoms with Gasteiger partial charge in [0, 0.05) is 18.4 Å². The minimum atomic E-state index is -1.49. The molecule has 0 aliphatic carbocycles. The fourth-order valence-electron chi connectivity index (χ4n) is 2.47. The number of halogens is 4. The van der Waals surface area contributed by atoms with Crippen molar-refractivity contribution in [1.82, 2.24) is 0 Å². The Labute approximate surface area is 142 Å². The van der Waals surface area contributed by atoms with Crippen molar-refractivity contribution in [3.05, 3.63) is 83.9 Å². The lowest BCUT2D eigenvalue weighted by molar-refractivity contribution is 0.461. The van der Waals surface area contributed by atoms with Crippen LogP contribution in [0.25, 0.3) is 0 Å². The van der Waals surface area contributed by atoms with E-state index in [0.717, 1.165) is 4.90 Å². The van der Waals surface area contributed by atoms with E-state index in [1.807, 2.05) is 0 Å². The molecular formula is C19H14F4N2. The summed E-state index contributed by atoms with van der Waals surface area (Å²) in [5.74, 6) is -5.91. The number of hydrogen-bond donors (Lipinski definition) is 1. The van der Waals surface area contributed by atoms with Gasteiger partial charge in [0.1, 0.15) is 11.4 Å². The van der Waals surface area contributed by atoms with Gasteiger partial charge in [-0.05, 0) is 24.3 Å². The van der Waals surface area contributed by atoms with Crippen molar-refractivity contribution in [3.63, 3.8) is 0 Å². The molecule has 0 aliphatic heterocycles. The van der Waals surface area contributed by atoms with E-state index in [2.05, 4.69) is 5.32 Å². The molecule has 0 saturated heterocycles. The first-order valence-corrected chi connectivity index (χ1v) is 7.47. The van der Waals surface area contributed by atoms with Crippen LogP contribution in [-0.2, 0) is 0 Å². The molecule has 0 heterocycles. The molecule has 0 radical (unpaired) electrons. The predicted octanol–water partition coefficient (Wildman–Crippen LogP) is 5.75. The van der Waals surface area contributed by atoms with E-state index in [9.17, 15) is 17.6 Å². The summed E-state index contributed by atoms with van der Waals surface area (Å²) in [6, 6.07) is 16.2. The van der Waals surface area contributed by atoms with Crippen LogP contribution in [0.15, 0.2) is 60.7 Å². The summed E-state index contributed by atoms with van der Waals surface area (Å²) in [6.07, 6.45) is 0. The minimum absolute atomic E-state index is 0.309. The monoisotopic (exact) mass is 346 g/mol. The second-order valence-electron chi connectivity index (χ2n) is 5.37. The topological polar surface area (TPSA) is 15.3 Å². The summed E-state index contributed by atoms with van der Waals surface area (Å²) in [5.41, 5.74) is -0.961. The molecule has 3 aromatic rings. The van der Waals surface area contributed by atoms with Crippen LogP contribution in [0.2, 0.25) is 0 Å². The smallest absolute Gasteiger partial charge is 0.187 e. The normalized spacial score (nSPS) is 10.6. The maximum absolute atomic E-state index is 14.5. The SMILES string of the molecule is CN(c1ccccc1)c1c(F)c(F)c(Nc2ccccc2)c(F)c1F. The third kappa shape index (κ3) is 3.15. The van der Waals surface area contributed by atoms with E-state index < -0.39 is 34.6 Å². The van der Waals surface area contributed by atoms with Crippen LogP contribution in [-0.4, -0.2) is 7.05 Å². The summed E-state index contributed by atoms with van der Waals surface area (Å²) in [7, 11) is 1.33. The van der Waals surface area contributed by atoms with Crippen molar-refractivity contribution in [3.8, 4) is 0 Å². The first-order valence-electron chi connectivity index (χ1n) is 7.47. The number of nitrogens with zero attached hydrogens (tertiary/aromatic N) is 1. The van der Waals surface area contributed by atoms with Crippen LogP contribution in [0, 0.1) is 23.3 Å². The number of rotatable bonds is 4. The van der Waals surface area contributed by atoms with Gasteiger partial charge in [-0.3, -0.25) is 0 Å². The molecule has 1 N–H and O–H groups in total. The van der Waals surface area contributed by atoms with Gasteiger partial charge in [0.2, 0.25) is 0 Å². The maximum atomic E-state index is 14.5. The van der Waals surface area contributed by atoms with Gasteiger partial charge in [-0.15, -0.1) is 0 Å². The summed E-state index contributed by atoms with van der Waals surface area (Å²) in [4.78, 5) is 1.06. The average molecular weight is 346 g/mol. The van der Waals surface area contributed by atoms with Crippen molar-refractivity contribution in [2.24, 2.45) is 0 Å². The van der Waals surface area contributed by atoms with E-state index in [1.54, 1.807) is 48.5 Å². The van der Waals surface area contributed by atoms with Gasteiger partial charge in [0.05, 0.1) is 0 Å². The zero-order valence-electron chi connectivity index (χ0n) is 13.2. The Balaban J connectivity index is 2.08. The quantitative estimate of drug-likeness (QED) is 0.478. The zero-order chi connectivity index (χ0) is 18.0. The molecule has 0 bridgehead atoms. The van der Waals surface area contributed by atoms with E-state index >= 15 is 0 Å². The van der Waals surface area contributed by atoms with Crippen molar-refractivity contribution < 1.29 is 17.6 Å². The standard InChI is InChI=1S/C19H14F4N2/c1-25(13-10-6-3-7-11-13)19-16(22)14(20)18(15(21)17(19)23)24-12-8-4-2-5-9-12/h2-11,24H,1H3. The van der Waals surface area contributed by atoms with E-state index in [-0.39, 0.29) is 0 Å². The van der Waals surface area contributed by atoms with E-state index in [4.69, 9.17) is 0 Å². The van der Waals surface area contributed by atoms with Crippen molar-refractivity contribution >= 4 is 22.7 Å². The van der Waals surface area contributed by atoms with Crippen LogP contribution < -0.4 is 10.2 Å². The molecule has 25 heavy (non-hydrogen) atoms. The second kappa shape index (κ2) is 6.84. The molecule has 0 saturated carbocycles. The third-order valence-electron chi connectivity index (χ3n) is 3.76. The van der Waals surface area contributed by atoms with Crippen LogP contribution in [0.4, 0.5) is 40.3 Å². The molecule has 2 nitrogen and oxygen atoms in total. The zero-order valence-corrected chi connectivity index (χ0v) is 13.2. The molecule has 0 aliphatic rings. The molecule has 0 spiro atoms. The van der Waals surface area contributed by atoms with Gasteiger partial charge in [-0.2, -0.15) is 0 Å². The van der Waals surface area contributed by atoms with Crippen molar-refractivity contribution in [2.45, 2.75) is 0 Å². The number of hydrogen-bond acceptors (Lipinski definition) is 2. The average Bonchev–Trinajstić information content (AvgIpc) is 2.65. The Hall–Kier alpha value is -3.02. The highest BCUT2D eigenvalue weighted by Gasteiger charge is 2.28. The molecule has 3 aromatic carbocycles. The number of nitrogens with one attached hydrogen (secondary N) is 1. The van der Waals surface area contributed by atoms with Gasteiger partial charge in [0.25, 0.3) is 0 Å². The largest absolute Gasteiger partial charge is 0.351 e. The molecule has 0 amide bonds. The first kappa shape index (κ1) is 16.8. The molecule has 0 atom stereocenters. The summed E-state index contributed by atoms with van der Waals surface area (Å²) in [5, 5.41) is 2.38. The van der Waals surface area contributed by atoms with Gasteiger partial charge >= 0.3 is 0 Å². The van der Waals surface area contributed by atoms with Gasteiger partial charge in [0.15, 0.2) is 23.3 Å². The lowest BCUT2D eigenvalue weighted by atomic mass is 10.2. The molecule has 0 aromatic heterocycles. The fraction of sp³-hybridized carbons (Fsp3) is 0.0526. The number of para-hydroxylation sites is 2. The Morgan fingerprint density at radius 2 is 1.16 bits per heavy atom. The summed E-state index contributed by atoms with van der Waals surface area (Å²) >= 11 is 0. The van der Waals surface area contributed by atoms with E-state index in [0.29, 0.717) is 11.4 Å². The fourth-order valence-corrected chi connectivity index (χ4v) is 2.47. The van der Waals surface area contributed by atoms with Crippen LogP contribution in [0.1, 0.15) is 0 Å². The maximum Gasteiger partial charge on any atom is 0.187 e. The number of benzene rings is 3. The highest BCUT2D eigenvalue weighted by atomic mass is 19.2. The van der Waals surface area contributed by atoms with Gasteiger partial charge < -0.3 is 10.2 Å². The Kier molecular flexibility index (Phi) is 4.61. The molecule has 3 rings (SSSR count). The van der Waals surface area contributed by atoms with Crippen molar-refractivity contribution in [1.29, 1.82) is 0 Å². The summed E-state index contributed by atoms with van der Waals surface area (Å²) < 4.78 is 57.7. The van der Waals surface area contributed by atoms with Crippen LogP contribution >= 0.6 is 0 Å². The van der Waals surface area contributed by atoms with Crippen LogP contribution in [0.3, 0.4) is 0 Å². The molecular weight excluding hydrogens is 332 g/mol. The third-order valence-corrected chi connectivity index (χ3v) is 3.76. The Morgan fingerprint density at radius 3 is 1.68 bits per heavy atom. The molecule has 0 fully saturated rings. The van der Waals surface area contributed by atoms with Gasteiger partial charge in [-0.1, -0.05) is 36.4 Å². The highest BCUT2D eigenvalue weighted by Crippen LogP contribution is 2.37. The molecule has 0 unspecified atom stereocenters. The Bertz CT molecular complexity index is 854. The number of anilines is 4. The first-order chi connectivity index (χ1) is 12.0. The Morgan fingerprint density at radius 1 is 0.680 bits per heavy atom. The molecule has 128 valence electrons. The minimum Gasteiger partial charge on any atom is -0.351 e.